The fourth-order valence-corrected chi connectivity index (χ4v) is 3.82. The first-order valence-electron chi connectivity index (χ1n) is 10.3. The lowest BCUT2D eigenvalue weighted by Gasteiger charge is -2.43. The number of carbonyl (C=O) groups excluding carboxylic acids is 3. The van der Waals surface area contributed by atoms with E-state index in [1.165, 1.54) is 19.1 Å². The van der Waals surface area contributed by atoms with Crippen LogP contribution in [0.25, 0.3) is 0 Å². The lowest BCUT2D eigenvalue weighted by molar-refractivity contribution is -0.174. The van der Waals surface area contributed by atoms with Crippen molar-refractivity contribution < 1.29 is 34.1 Å². The number of ether oxygens (including phenoxy) is 2. The average molecular weight is 421 g/mol. The van der Waals surface area contributed by atoms with Crippen LogP contribution < -0.4 is 0 Å². The SMILES string of the molecule is CC(C)COC(=O)[C@@H]1C(=O)C[C@](C)(O)[C@@H](C(=O)OCC(C)C)[C@@H]1c1cccc(O)c1. The zero-order valence-electron chi connectivity index (χ0n) is 18.3. The van der Waals surface area contributed by atoms with Gasteiger partial charge in [0, 0.05) is 12.3 Å². The molecule has 0 saturated heterocycles. The third-order valence-electron chi connectivity index (χ3n) is 5.15. The Morgan fingerprint density at radius 2 is 1.67 bits per heavy atom. The molecular formula is C23H32O7. The van der Waals surface area contributed by atoms with E-state index in [2.05, 4.69) is 0 Å². The average Bonchev–Trinajstić information content (AvgIpc) is 2.62. The second-order valence-corrected chi connectivity index (χ2v) is 9.12. The summed E-state index contributed by atoms with van der Waals surface area (Å²) < 4.78 is 10.7. The molecule has 1 saturated carbocycles. The maximum atomic E-state index is 13.0. The topological polar surface area (TPSA) is 110 Å². The van der Waals surface area contributed by atoms with Gasteiger partial charge in [0.1, 0.15) is 11.7 Å². The van der Waals surface area contributed by atoms with Gasteiger partial charge in [0.25, 0.3) is 0 Å². The molecule has 0 aromatic heterocycles. The quantitative estimate of drug-likeness (QED) is 0.515. The standard InChI is InChI=1S/C23H32O7/c1-13(2)11-29-21(26)19-17(25)10-23(5,28)20(22(27)30-12-14(3)4)18(19)15-7-6-8-16(24)9-15/h6-9,13-14,18-20,24,28H,10-12H2,1-5H3/t18-,19-,20-,23+/m1/s1. The number of aromatic hydroxyl groups is 1. The van der Waals surface area contributed by atoms with E-state index in [1.807, 2.05) is 27.7 Å². The van der Waals surface area contributed by atoms with Gasteiger partial charge in [-0.05, 0) is 36.5 Å². The van der Waals surface area contributed by atoms with Gasteiger partial charge in [-0.2, -0.15) is 0 Å². The lowest BCUT2D eigenvalue weighted by atomic mass is 9.61. The summed E-state index contributed by atoms with van der Waals surface area (Å²) >= 11 is 0. The molecule has 0 radical (unpaired) electrons. The van der Waals surface area contributed by atoms with E-state index in [-0.39, 0.29) is 37.2 Å². The highest BCUT2D eigenvalue weighted by Gasteiger charge is 2.57. The number of Topliss-reactive ketones (excluding diaryl/α,β-unsaturated/α-hetero) is 1. The second kappa shape index (κ2) is 9.60. The summed E-state index contributed by atoms with van der Waals surface area (Å²) in [6.07, 6.45) is -0.370. The summed E-state index contributed by atoms with van der Waals surface area (Å²) in [7, 11) is 0. The molecule has 1 aromatic rings. The van der Waals surface area contributed by atoms with E-state index < -0.39 is 41.1 Å². The molecule has 1 aromatic carbocycles. The number of benzene rings is 1. The minimum atomic E-state index is -1.71. The molecule has 7 heteroatoms. The van der Waals surface area contributed by atoms with Crippen molar-refractivity contribution in [2.24, 2.45) is 23.7 Å². The van der Waals surface area contributed by atoms with E-state index in [4.69, 9.17) is 9.47 Å². The molecule has 0 bridgehead atoms. The predicted octanol–water partition coefficient (Wildman–Crippen LogP) is 2.83. The largest absolute Gasteiger partial charge is 0.508 e. The number of aliphatic hydroxyl groups is 1. The van der Waals surface area contributed by atoms with E-state index in [1.54, 1.807) is 12.1 Å². The van der Waals surface area contributed by atoms with Gasteiger partial charge in [0.05, 0.1) is 24.7 Å². The van der Waals surface area contributed by atoms with Gasteiger partial charge in [-0.15, -0.1) is 0 Å². The van der Waals surface area contributed by atoms with Crippen LogP contribution in [0.15, 0.2) is 24.3 Å². The van der Waals surface area contributed by atoms with Crippen molar-refractivity contribution in [1.82, 2.24) is 0 Å². The van der Waals surface area contributed by atoms with Crippen LogP contribution in [0.5, 0.6) is 5.75 Å². The summed E-state index contributed by atoms with van der Waals surface area (Å²) in [5, 5.41) is 21.0. The third kappa shape index (κ3) is 5.59. The van der Waals surface area contributed by atoms with Gasteiger partial charge in [0.2, 0.25) is 0 Å². The maximum Gasteiger partial charge on any atom is 0.317 e. The fourth-order valence-electron chi connectivity index (χ4n) is 3.82. The molecule has 1 aliphatic carbocycles. The van der Waals surface area contributed by atoms with Gasteiger partial charge in [-0.3, -0.25) is 14.4 Å². The molecule has 1 aliphatic rings. The Morgan fingerprint density at radius 1 is 1.10 bits per heavy atom. The van der Waals surface area contributed by atoms with Gasteiger partial charge < -0.3 is 19.7 Å². The van der Waals surface area contributed by atoms with Crippen molar-refractivity contribution >= 4 is 17.7 Å². The smallest absolute Gasteiger partial charge is 0.317 e. The molecule has 1 fully saturated rings. The minimum absolute atomic E-state index is 0.0711. The number of rotatable bonds is 7. The monoisotopic (exact) mass is 420 g/mol. The highest BCUT2D eigenvalue weighted by Crippen LogP contribution is 2.47. The molecule has 0 unspecified atom stereocenters. The van der Waals surface area contributed by atoms with Crippen LogP contribution in [0.1, 0.15) is 52.5 Å². The minimum Gasteiger partial charge on any atom is -0.508 e. The number of hydrogen-bond donors (Lipinski definition) is 2. The molecule has 0 heterocycles. The van der Waals surface area contributed by atoms with Gasteiger partial charge in [-0.1, -0.05) is 39.8 Å². The molecular weight excluding hydrogens is 388 g/mol. The number of phenolic OH excluding ortho intramolecular Hbond substituents is 1. The first-order chi connectivity index (χ1) is 13.9. The van der Waals surface area contributed by atoms with Crippen molar-refractivity contribution in [1.29, 1.82) is 0 Å². The molecule has 2 N–H and O–H groups in total. The first-order valence-corrected chi connectivity index (χ1v) is 10.3. The second-order valence-electron chi connectivity index (χ2n) is 9.12. The predicted molar refractivity (Wildman–Crippen MR) is 110 cm³/mol. The van der Waals surface area contributed by atoms with E-state index in [9.17, 15) is 24.6 Å². The van der Waals surface area contributed by atoms with Gasteiger partial charge >= 0.3 is 11.9 Å². The van der Waals surface area contributed by atoms with E-state index in [0.717, 1.165) is 0 Å². The molecule has 30 heavy (non-hydrogen) atoms. The Bertz CT molecular complexity index is 782. The Balaban J connectivity index is 2.53. The number of hydrogen-bond acceptors (Lipinski definition) is 7. The van der Waals surface area contributed by atoms with Crippen molar-refractivity contribution in [2.45, 2.75) is 52.6 Å². The Hall–Kier alpha value is -2.41. The van der Waals surface area contributed by atoms with Gasteiger partial charge in [0.15, 0.2) is 5.78 Å². The normalized spacial score (nSPS) is 26.7. The highest BCUT2D eigenvalue weighted by atomic mass is 16.5. The summed E-state index contributed by atoms with van der Waals surface area (Å²) in [4.78, 5) is 38.8. The Kier molecular flexibility index (Phi) is 7.64. The molecule has 2 rings (SSSR count). The van der Waals surface area contributed by atoms with Crippen LogP contribution in [0.2, 0.25) is 0 Å². The number of esters is 2. The summed E-state index contributed by atoms with van der Waals surface area (Å²) in [6, 6.07) is 6.02. The molecule has 0 aliphatic heterocycles. The zero-order chi connectivity index (χ0) is 22.6. The van der Waals surface area contributed by atoms with Crippen molar-refractivity contribution in [3.63, 3.8) is 0 Å². The lowest BCUT2D eigenvalue weighted by Crippen LogP contribution is -2.55. The van der Waals surface area contributed by atoms with Gasteiger partial charge in [-0.25, -0.2) is 0 Å². The molecule has 166 valence electrons. The molecule has 0 amide bonds. The van der Waals surface area contributed by atoms with Crippen LogP contribution in [-0.4, -0.2) is 46.7 Å². The van der Waals surface area contributed by atoms with Crippen molar-refractivity contribution in [2.75, 3.05) is 13.2 Å². The van der Waals surface area contributed by atoms with Crippen molar-refractivity contribution in [3.8, 4) is 5.75 Å². The van der Waals surface area contributed by atoms with Crippen LogP contribution in [-0.2, 0) is 23.9 Å². The van der Waals surface area contributed by atoms with E-state index in [0.29, 0.717) is 5.56 Å². The zero-order valence-corrected chi connectivity index (χ0v) is 18.3. The van der Waals surface area contributed by atoms with Crippen molar-refractivity contribution in [3.05, 3.63) is 29.8 Å². The van der Waals surface area contributed by atoms with E-state index >= 15 is 0 Å². The van der Waals surface area contributed by atoms with Crippen LogP contribution >= 0.6 is 0 Å². The molecule has 0 spiro atoms. The summed E-state index contributed by atoms with van der Waals surface area (Å²) in [5.41, 5.74) is -1.32. The number of carbonyl (C=O) groups is 3. The molecule has 7 nitrogen and oxygen atoms in total. The fraction of sp³-hybridized carbons (Fsp3) is 0.609. The number of phenols is 1. The summed E-state index contributed by atoms with van der Waals surface area (Å²) in [6.45, 7) is 9.20. The molecule has 4 atom stereocenters. The summed E-state index contributed by atoms with van der Waals surface area (Å²) in [5.74, 6) is -5.32. The van der Waals surface area contributed by atoms with Crippen LogP contribution in [0.3, 0.4) is 0 Å². The Labute approximate surface area is 177 Å². The Morgan fingerprint density at radius 3 is 2.20 bits per heavy atom. The number of ketones is 1. The first kappa shape index (κ1) is 23.9. The highest BCUT2D eigenvalue weighted by molar-refractivity contribution is 6.02. The van der Waals surface area contributed by atoms with Crippen LogP contribution in [0, 0.1) is 23.7 Å². The third-order valence-corrected chi connectivity index (χ3v) is 5.15. The maximum absolute atomic E-state index is 13.0. The van der Waals surface area contributed by atoms with Crippen LogP contribution in [0.4, 0.5) is 0 Å².